The summed E-state index contributed by atoms with van der Waals surface area (Å²) < 4.78 is 0. The van der Waals surface area contributed by atoms with Gasteiger partial charge in [0, 0.05) is 11.4 Å². The minimum absolute atomic E-state index is 0.711. The Hall–Kier alpha value is -0.760. The maximum atomic E-state index is 3.71. The van der Waals surface area contributed by atoms with Crippen LogP contribution in [0.3, 0.4) is 0 Å². The van der Waals surface area contributed by atoms with Crippen LogP contribution in [0, 0.1) is 5.92 Å². The highest BCUT2D eigenvalue weighted by atomic mass is 14.9. The quantitative estimate of drug-likeness (QED) is 0.806. The highest BCUT2D eigenvalue weighted by molar-refractivity contribution is 5.30. The van der Waals surface area contributed by atoms with Crippen LogP contribution in [0.5, 0.6) is 0 Å². The molecule has 2 aliphatic rings. The molecule has 1 saturated heterocycles. The largest absolute Gasteiger partial charge is 0.362 e. The van der Waals surface area contributed by atoms with Crippen LogP contribution >= 0.6 is 0 Å². The number of rotatable bonds is 2. The number of piperidine rings is 1. The lowest BCUT2D eigenvalue weighted by molar-refractivity contribution is 0.327. The van der Waals surface area contributed by atoms with Crippen LogP contribution < -0.4 is 5.32 Å². The van der Waals surface area contributed by atoms with Crippen molar-refractivity contribution in [1.82, 2.24) is 10.3 Å². The van der Waals surface area contributed by atoms with E-state index < -0.39 is 0 Å². The third kappa shape index (κ3) is 2.28. The Morgan fingerprint density at radius 2 is 1.94 bits per heavy atom. The van der Waals surface area contributed by atoms with Crippen LogP contribution in [0.15, 0.2) is 6.07 Å². The molecular weight excluding hydrogens is 208 g/mol. The molecule has 0 radical (unpaired) electrons. The molecule has 1 aromatic heterocycles. The van der Waals surface area contributed by atoms with Crippen LogP contribution in [0.2, 0.25) is 0 Å². The Bertz CT molecular complexity index is 351. The lowest BCUT2D eigenvalue weighted by Crippen LogP contribution is -2.30. The van der Waals surface area contributed by atoms with E-state index in [1.165, 1.54) is 63.0 Å². The Morgan fingerprint density at radius 1 is 1.18 bits per heavy atom. The molecule has 0 amide bonds. The SMILES string of the molecule is CC(c1cc2c([nH]1)CCCC2)C1CCNCC1. The van der Waals surface area contributed by atoms with Crippen LogP contribution in [0.4, 0.5) is 0 Å². The Kier molecular flexibility index (Phi) is 3.24. The van der Waals surface area contributed by atoms with E-state index in [4.69, 9.17) is 0 Å². The molecule has 1 fully saturated rings. The van der Waals surface area contributed by atoms with E-state index in [-0.39, 0.29) is 0 Å². The van der Waals surface area contributed by atoms with Gasteiger partial charge in [-0.3, -0.25) is 0 Å². The smallest absolute Gasteiger partial charge is 0.0183 e. The summed E-state index contributed by atoms with van der Waals surface area (Å²) in [6.07, 6.45) is 8.00. The number of aromatic amines is 1. The van der Waals surface area contributed by atoms with Crippen molar-refractivity contribution in [3.63, 3.8) is 0 Å². The fourth-order valence-electron chi connectivity index (χ4n) is 3.47. The molecule has 2 heteroatoms. The zero-order valence-corrected chi connectivity index (χ0v) is 10.9. The summed E-state index contributed by atoms with van der Waals surface area (Å²) in [7, 11) is 0. The van der Waals surface area contributed by atoms with Gasteiger partial charge in [-0.1, -0.05) is 6.92 Å². The van der Waals surface area contributed by atoms with Crippen molar-refractivity contribution in [2.24, 2.45) is 5.92 Å². The van der Waals surface area contributed by atoms with Gasteiger partial charge < -0.3 is 10.3 Å². The second-order valence-electron chi connectivity index (χ2n) is 5.81. The second kappa shape index (κ2) is 4.85. The predicted octanol–water partition coefficient (Wildman–Crippen LogP) is 3.00. The molecule has 0 spiro atoms. The van der Waals surface area contributed by atoms with Gasteiger partial charge in [-0.05, 0) is 75.1 Å². The predicted molar refractivity (Wildman–Crippen MR) is 71.4 cm³/mol. The molecule has 2 heterocycles. The Labute approximate surface area is 104 Å². The Balaban J connectivity index is 1.76. The fourth-order valence-corrected chi connectivity index (χ4v) is 3.47. The first-order chi connectivity index (χ1) is 8.34. The van der Waals surface area contributed by atoms with Gasteiger partial charge in [-0.15, -0.1) is 0 Å². The number of hydrogen-bond donors (Lipinski definition) is 2. The lowest BCUT2D eigenvalue weighted by atomic mass is 9.84. The van der Waals surface area contributed by atoms with Crippen molar-refractivity contribution in [3.8, 4) is 0 Å². The van der Waals surface area contributed by atoms with Gasteiger partial charge in [0.1, 0.15) is 0 Å². The first-order valence-corrected chi connectivity index (χ1v) is 7.26. The number of fused-ring (bicyclic) bond motifs is 1. The van der Waals surface area contributed by atoms with Gasteiger partial charge in [0.2, 0.25) is 0 Å². The van der Waals surface area contributed by atoms with Crippen LogP contribution in [0.1, 0.15) is 55.5 Å². The second-order valence-corrected chi connectivity index (χ2v) is 5.81. The molecule has 17 heavy (non-hydrogen) atoms. The van der Waals surface area contributed by atoms with E-state index in [1.807, 2.05) is 0 Å². The van der Waals surface area contributed by atoms with Gasteiger partial charge in [0.15, 0.2) is 0 Å². The summed E-state index contributed by atoms with van der Waals surface area (Å²) in [5, 5.41) is 3.46. The third-order valence-corrected chi connectivity index (χ3v) is 4.72. The number of H-pyrrole nitrogens is 1. The van der Waals surface area contributed by atoms with Gasteiger partial charge in [0.25, 0.3) is 0 Å². The molecule has 94 valence electrons. The van der Waals surface area contributed by atoms with Crippen LogP contribution in [0.25, 0.3) is 0 Å². The summed E-state index contributed by atoms with van der Waals surface area (Å²) in [4.78, 5) is 3.71. The van der Waals surface area contributed by atoms with Gasteiger partial charge in [-0.25, -0.2) is 0 Å². The molecule has 1 aliphatic heterocycles. The summed E-state index contributed by atoms with van der Waals surface area (Å²) in [5.74, 6) is 1.58. The average molecular weight is 232 g/mol. The number of aryl methyl sites for hydroxylation is 2. The van der Waals surface area contributed by atoms with Crippen molar-refractivity contribution in [2.45, 2.75) is 51.4 Å². The molecule has 2 nitrogen and oxygen atoms in total. The van der Waals surface area contributed by atoms with Crippen molar-refractivity contribution < 1.29 is 0 Å². The fraction of sp³-hybridized carbons (Fsp3) is 0.733. The summed E-state index contributed by atoms with van der Waals surface area (Å²) in [6, 6.07) is 2.46. The summed E-state index contributed by atoms with van der Waals surface area (Å²) in [6.45, 7) is 4.82. The standard InChI is InChI=1S/C15H24N2/c1-11(12-6-8-16-9-7-12)15-10-13-4-2-3-5-14(13)17-15/h10-12,16-17H,2-9H2,1H3. The Morgan fingerprint density at radius 3 is 2.71 bits per heavy atom. The first kappa shape index (κ1) is 11.3. The van der Waals surface area contributed by atoms with Crippen molar-refractivity contribution in [2.75, 3.05) is 13.1 Å². The van der Waals surface area contributed by atoms with E-state index in [0.29, 0.717) is 5.92 Å². The van der Waals surface area contributed by atoms with Crippen molar-refractivity contribution in [1.29, 1.82) is 0 Å². The van der Waals surface area contributed by atoms with E-state index >= 15 is 0 Å². The molecule has 0 bridgehead atoms. The van der Waals surface area contributed by atoms with Crippen LogP contribution in [-0.4, -0.2) is 18.1 Å². The maximum absolute atomic E-state index is 3.71. The molecule has 0 saturated carbocycles. The lowest BCUT2D eigenvalue weighted by Gasteiger charge is -2.27. The van der Waals surface area contributed by atoms with E-state index in [9.17, 15) is 0 Å². The number of nitrogens with one attached hydrogen (secondary N) is 2. The summed E-state index contributed by atoms with van der Waals surface area (Å²) in [5.41, 5.74) is 4.64. The van der Waals surface area contributed by atoms with Gasteiger partial charge >= 0.3 is 0 Å². The normalized spacial score (nSPS) is 23.4. The topological polar surface area (TPSA) is 27.8 Å². The maximum Gasteiger partial charge on any atom is 0.0183 e. The zero-order chi connectivity index (χ0) is 11.7. The monoisotopic (exact) mass is 232 g/mol. The molecule has 0 aromatic carbocycles. The van der Waals surface area contributed by atoms with Gasteiger partial charge in [0.05, 0.1) is 0 Å². The highest BCUT2D eigenvalue weighted by Crippen LogP contribution is 2.32. The molecule has 2 N–H and O–H groups in total. The average Bonchev–Trinajstić information content (AvgIpc) is 2.82. The summed E-state index contributed by atoms with van der Waals surface area (Å²) >= 11 is 0. The minimum Gasteiger partial charge on any atom is -0.362 e. The van der Waals surface area contributed by atoms with Crippen molar-refractivity contribution >= 4 is 0 Å². The van der Waals surface area contributed by atoms with E-state index in [1.54, 1.807) is 5.56 Å². The first-order valence-electron chi connectivity index (χ1n) is 7.26. The number of hydrogen-bond acceptors (Lipinski definition) is 1. The minimum atomic E-state index is 0.711. The molecule has 1 aromatic rings. The molecule has 1 aliphatic carbocycles. The number of aromatic nitrogens is 1. The highest BCUT2D eigenvalue weighted by Gasteiger charge is 2.23. The molecule has 1 atom stereocenters. The molecule has 3 rings (SSSR count). The van der Waals surface area contributed by atoms with E-state index in [2.05, 4.69) is 23.3 Å². The van der Waals surface area contributed by atoms with Gasteiger partial charge in [-0.2, -0.15) is 0 Å². The molecule has 1 unspecified atom stereocenters. The van der Waals surface area contributed by atoms with Crippen molar-refractivity contribution in [3.05, 3.63) is 23.0 Å². The third-order valence-electron chi connectivity index (χ3n) is 4.72. The molecular formula is C15H24N2. The van der Waals surface area contributed by atoms with E-state index in [0.717, 1.165) is 5.92 Å². The van der Waals surface area contributed by atoms with Crippen LogP contribution in [-0.2, 0) is 12.8 Å². The zero-order valence-electron chi connectivity index (χ0n) is 10.9.